The zero-order valence-corrected chi connectivity index (χ0v) is 9.38. The maximum absolute atomic E-state index is 10.8. The van der Waals surface area contributed by atoms with Gasteiger partial charge in [-0.05, 0) is 12.0 Å². The van der Waals surface area contributed by atoms with Gasteiger partial charge in [0.15, 0.2) is 0 Å². The Morgan fingerprint density at radius 3 is 2.69 bits per heavy atom. The third-order valence-electron chi connectivity index (χ3n) is 2.00. The number of benzene rings is 1. The van der Waals surface area contributed by atoms with Crippen molar-refractivity contribution in [1.29, 1.82) is 0 Å². The van der Waals surface area contributed by atoms with E-state index in [-0.39, 0.29) is 11.5 Å². The first-order valence-corrected chi connectivity index (χ1v) is 5.06. The van der Waals surface area contributed by atoms with Crippen LogP contribution in [0.1, 0.15) is 19.4 Å². The molecule has 86 valence electrons. The Morgan fingerprint density at radius 2 is 2.12 bits per heavy atom. The van der Waals surface area contributed by atoms with Gasteiger partial charge in [0.2, 0.25) is 0 Å². The predicted octanol–water partition coefficient (Wildman–Crippen LogP) is 1.96. The van der Waals surface area contributed by atoms with E-state index >= 15 is 0 Å². The minimum Gasteiger partial charge on any atom is -0.383 e. The number of hydrogen-bond donors (Lipinski definition) is 1. The molecule has 0 saturated carbocycles. The SMILES string of the molecule is CC(C)CN=C(N)c1ccccc1[N+](=O)[O-]. The predicted molar refractivity (Wildman–Crippen MR) is 63.5 cm³/mol. The summed E-state index contributed by atoms with van der Waals surface area (Å²) >= 11 is 0. The van der Waals surface area contributed by atoms with Gasteiger partial charge in [-0.15, -0.1) is 0 Å². The van der Waals surface area contributed by atoms with Gasteiger partial charge in [-0.25, -0.2) is 0 Å². The van der Waals surface area contributed by atoms with Crippen LogP contribution in [0.25, 0.3) is 0 Å². The van der Waals surface area contributed by atoms with E-state index in [4.69, 9.17) is 5.73 Å². The number of hydrogen-bond acceptors (Lipinski definition) is 3. The molecule has 5 nitrogen and oxygen atoms in total. The Balaban J connectivity index is 3.03. The van der Waals surface area contributed by atoms with Crippen LogP contribution in [0.15, 0.2) is 29.3 Å². The van der Waals surface area contributed by atoms with Crippen molar-refractivity contribution in [2.45, 2.75) is 13.8 Å². The van der Waals surface area contributed by atoms with Gasteiger partial charge in [0.1, 0.15) is 5.84 Å². The fraction of sp³-hybridized carbons (Fsp3) is 0.364. The largest absolute Gasteiger partial charge is 0.383 e. The summed E-state index contributed by atoms with van der Waals surface area (Å²) in [5.74, 6) is 0.599. The molecule has 0 bridgehead atoms. The lowest BCUT2D eigenvalue weighted by molar-refractivity contribution is -0.385. The van der Waals surface area contributed by atoms with Crippen LogP contribution in [0, 0.1) is 16.0 Å². The average molecular weight is 221 g/mol. The quantitative estimate of drug-likeness (QED) is 0.365. The Kier molecular flexibility index (Phi) is 3.99. The zero-order chi connectivity index (χ0) is 12.1. The number of nitro benzene ring substituents is 1. The molecule has 0 atom stereocenters. The summed E-state index contributed by atoms with van der Waals surface area (Å²) in [5.41, 5.74) is 6.10. The number of nitrogens with two attached hydrogens (primary N) is 1. The van der Waals surface area contributed by atoms with E-state index in [0.29, 0.717) is 18.0 Å². The number of amidine groups is 1. The van der Waals surface area contributed by atoms with Crippen molar-refractivity contribution in [3.63, 3.8) is 0 Å². The van der Waals surface area contributed by atoms with E-state index < -0.39 is 4.92 Å². The highest BCUT2D eigenvalue weighted by Gasteiger charge is 2.14. The average Bonchev–Trinajstić information content (AvgIpc) is 2.25. The van der Waals surface area contributed by atoms with Gasteiger partial charge in [0.05, 0.1) is 10.5 Å². The van der Waals surface area contributed by atoms with E-state index in [9.17, 15) is 10.1 Å². The van der Waals surface area contributed by atoms with Gasteiger partial charge < -0.3 is 5.73 Å². The second-order valence-corrected chi connectivity index (χ2v) is 3.89. The van der Waals surface area contributed by atoms with Crippen molar-refractivity contribution in [3.05, 3.63) is 39.9 Å². The molecule has 16 heavy (non-hydrogen) atoms. The molecule has 5 heteroatoms. The van der Waals surface area contributed by atoms with Crippen LogP contribution in [-0.2, 0) is 0 Å². The summed E-state index contributed by atoms with van der Waals surface area (Å²) in [4.78, 5) is 14.4. The lowest BCUT2D eigenvalue weighted by atomic mass is 10.1. The maximum Gasteiger partial charge on any atom is 0.280 e. The summed E-state index contributed by atoms with van der Waals surface area (Å²) < 4.78 is 0. The van der Waals surface area contributed by atoms with Gasteiger partial charge in [0, 0.05) is 12.6 Å². The van der Waals surface area contributed by atoms with Gasteiger partial charge in [-0.2, -0.15) is 0 Å². The molecule has 0 fully saturated rings. The number of nitro groups is 1. The van der Waals surface area contributed by atoms with Gasteiger partial charge in [-0.1, -0.05) is 26.0 Å². The standard InChI is InChI=1S/C11H15N3O2/c1-8(2)7-13-11(12)9-5-3-4-6-10(9)14(15)16/h3-6,8H,7H2,1-2H3,(H2,12,13). The number of aliphatic imine (C=N–C) groups is 1. The molecule has 1 aromatic rings. The van der Waals surface area contributed by atoms with E-state index in [1.165, 1.54) is 6.07 Å². The number of para-hydroxylation sites is 1. The van der Waals surface area contributed by atoms with E-state index in [0.717, 1.165) is 0 Å². The molecule has 0 aromatic heterocycles. The topological polar surface area (TPSA) is 81.5 Å². The fourth-order valence-corrected chi connectivity index (χ4v) is 1.22. The molecule has 2 N–H and O–H groups in total. The third kappa shape index (κ3) is 3.05. The van der Waals surface area contributed by atoms with Crippen LogP contribution >= 0.6 is 0 Å². The Labute approximate surface area is 94.1 Å². The Hall–Kier alpha value is -1.91. The molecule has 0 amide bonds. The summed E-state index contributed by atoms with van der Waals surface area (Å²) in [6, 6.07) is 6.35. The summed E-state index contributed by atoms with van der Waals surface area (Å²) in [5, 5.41) is 10.8. The summed E-state index contributed by atoms with van der Waals surface area (Å²) in [6.07, 6.45) is 0. The first kappa shape index (κ1) is 12.2. The van der Waals surface area contributed by atoms with Crippen molar-refractivity contribution in [2.24, 2.45) is 16.6 Å². The molecular formula is C11H15N3O2. The molecule has 0 aliphatic rings. The van der Waals surface area contributed by atoms with Gasteiger partial charge >= 0.3 is 0 Å². The molecule has 0 saturated heterocycles. The van der Waals surface area contributed by atoms with Crippen LogP contribution in [0.3, 0.4) is 0 Å². The number of rotatable bonds is 4. The molecule has 0 spiro atoms. The minimum absolute atomic E-state index is 0.00694. The minimum atomic E-state index is -0.451. The molecule has 0 unspecified atom stereocenters. The van der Waals surface area contributed by atoms with Crippen LogP contribution in [0.4, 0.5) is 5.69 Å². The monoisotopic (exact) mass is 221 g/mol. The maximum atomic E-state index is 10.8. The zero-order valence-electron chi connectivity index (χ0n) is 9.38. The normalized spacial score (nSPS) is 11.8. The summed E-state index contributed by atoms with van der Waals surface area (Å²) in [7, 11) is 0. The molecule has 0 aliphatic heterocycles. The highest BCUT2D eigenvalue weighted by atomic mass is 16.6. The molecule has 0 heterocycles. The Bertz CT molecular complexity index is 413. The van der Waals surface area contributed by atoms with Gasteiger partial charge in [0.25, 0.3) is 5.69 Å². The lowest BCUT2D eigenvalue weighted by Gasteiger charge is -2.03. The van der Waals surface area contributed by atoms with E-state index in [2.05, 4.69) is 4.99 Å². The molecule has 1 aromatic carbocycles. The highest BCUT2D eigenvalue weighted by molar-refractivity contribution is 6.01. The van der Waals surface area contributed by atoms with E-state index in [1.54, 1.807) is 18.2 Å². The highest BCUT2D eigenvalue weighted by Crippen LogP contribution is 2.17. The second kappa shape index (κ2) is 5.25. The molecule has 0 aliphatic carbocycles. The molecular weight excluding hydrogens is 206 g/mol. The van der Waals surface area contributed by atoms with Crippen LogP contribution < -0.4 is 5.73 Å². The van der Waals surface area contributed by atoms with Crippen molar-refractivity contribution >= 4 is 11.5 Å². The van der Waals surface area contributed by atoms with E-state index in [1.807, 2.05) is 13.8 Å². The third-order valence-corrected chi connectivity index (χ3v) is 2.00. The van der Waals surface area contributed by atoms with Crippen molar-refractivity contribution in [2.75, 3.05) is 6.54 Å². The Morgan fingerprint density at radius 1 is 1.50 bits per heavy atom. The second-order valence-electron chi connectivity index (χ2n) is 3.89. The first-order valence-electron chi connectivity index (χ1n) is 5.06. The fourth-order valence-electron chi connectivity index (χ4n) is 1.22. The molecule has 1 rings (SSSR count). The van der Waals surface area contributed by atoms with Crippen LogP contribution in [-0.4, -0.2) is 17.3 Å². The van der Waals surface area contributed by atoms with Gasteiger partial charge in [-0.3, -0.25) is 15.1 Å². The van der Waals surface area contributed by atoms with Crippen molar-refractivity contribution in [3.8, 4) is 0 Å². The van der Waals surface area contributed by atoms with Crippen molar-refractivity contribution in [1.82, 2.24) is 0 Å². The molecule has 0 radical (unpaired) electrons. The lowest BCUT2D eigenvalue weighted by Crippen LogP contribution is -2.16. The number of nitrogens with zero attached hydrogens (tertiary/aromatic N) is 2. The first-order chi connectivity index (χ1) is 7.52. The smallest absolute Gasteiger partial charge is 0.280 e. The van der Waals surface area contributed by atoms with Crippen LogP contribution in [0.2, 0.25) is 0 Å². The van der Waals surface area contributed by atoms with Crippen molar-refractivity contribution < 1.29 is 4.92 Å². The summed E-state index contributed by atoms with van der Waals surface area (Å²) in [6.45, 7) is 4.59. The van der Waals surface area contributed by atoms with Crippen LogP contribution in [0.5, 0.6) is 0 Å².